The molecule has 0 aliphatic heterocycles. The lowest BCUT2D eigenvalue weighted by atomic mass is 9.42. The minimum atomic E-state index is -2.99. The molecule has 2 N–H and O–H groups in total. The van der Waals surface area contributed by atoms with Gasteiger partial charge in [-0.15, -0.1) is 0 Å². The fourth-order valence-corrected chi connectivity index (χ4v) is 9.61. The van der Waals surface area contributed by atoms with Crippen molar-refractivity contribution in [3.63, 3.8) is 0 Å². The Morgan fingerprint density at radius 1 is 1.06 bits per heavy atom. The standard InChI is InChI=1S/C27H46F2O3/c1-6-26(31)12-11-24(3)18(14-26)7-8-19-21-10-9-20(17(2)13-27(28,29)16-30)25(21,4)15-22(32-5)23(19)24/h17-23,30-31H,6-16H2,1-5H3/t17-,18+,19?,20-,21+,22+,23-,24+,25-,26+/m1/s1. The lowest BCUT2D eigenvalue weighted by Crippen LogP contribution is -2.60. The van der Waals surface area contributed by atoms with Gasteiger partial charge < -0.3 is 14.9 Å². The molecule has 4 fully saturated rings. The van der Waals surface area contributed by atoms with Gasteiger partial charge in [0.1, 0.15) is 6.61 Å². The lowest BCUT2D eigenvalue weighted by Gasteiger charge is -2.64. The Balaban J connectivity index is 1.60. The molecule has 0 aromatic heterocycles. The van der Waals surface area contributed by atoms with Crippen molar-refractivity contribution < 1.29 is 23.7 Å². The summed E-state index contributed by atoms with van der Waals surface area (Å²) in [6, 6.07) is 0. The summed E-state index contributed by atoms with van der Waals surface area (Å²) in [4.78, 5) is 0. The van der Waals surface area contributed by atoms with Crippen molar-refractivity contribution in [2.45, 2.75) is 110 Å². The Hall–Kier alpha value is -0.260. The molecule has 32 heavy (non-hydrogen) atoms. The minimum absolute atomic E-state index is 0.0226. The molecular weight excluding hydrogens is 410 g/mol. The van der Waals surface area contributed by atoms with Crippen LogP contribution in [0.5, 0.6) is 0 Å². The Bertz CT molecular complexity index is 686. The van der Waals surface area contributed by atoms with Gasteiger partial charge in [0.05, 0.1) is 11.7 Å². The predicted molar refractivity (Wildman–Crippen MR) is 122 cm³/mol. The van der Waals surface area contributed by atoms with E-state index in [1.807, 2.05) is 14.0 Å². The van der Waals surface area contributed by atoms with Crippen LogP contribution in [0.1, 0.15) is 91.9 Å². The highest BCUT2D eigenvalue weighted by molar-refractivity contribution is 5.13. The second-order valence-electron chi connectivity index (χ2n) is 12.7. The maximum Gasteiger partial charge on any atom is 0.270 e. The molecule has 186 valence electrons. The van der Waals surface area contributed by atoms with E-state index in [1.54, 1.807) is 0 Å². The topological polar surface area (TPSA) is 49.7 Å². The van der Waals surface area contributed by atoms with E-state index >= 15 is 0 Å². The van der Waals surface area contributed by atoms with Crippen molar-refractivity contribution in [3.8, 4) is 0 Å². The number of methoxy groups -OCH3 is 1. The molecule has 3 nitrogen and oxygen atoms in total. The zero-order valence-corrected chi connectivity index (χ0v) is 20.9. The highest BCUT2D eigenvalue weighted by Crippen LogP contribution is 2.69. The van der Waals surface area contributed by atoms with Crippen LogP contribution in [0.25, 0.3) is 0 Å². The quantitative estimate of drug-likeness (QED) is 0.510. The van der Waals surface area contributed by atoms with Crippen molar-refractivity contribution in [2.75, 3.05) is 13.7 Å². The summed E-state index contributed by atoms with van der Waals surface area (Å²) in [5, 5.41) is 20.2. The lowest BCUT2D eigenvalue weighted by molar-refractivity contribution is -0.200. The third kappa shape index (κ3) is 3.86. The molecule has 0 radical (unpaired) electrons. The molecule has 0 heterocycles. The zero-order chi connectivity index (χ0) is 23.5. The number of hydrogen-bond acceptors (Lipinski definition) is 3. The molecule has 0 aromatic rings. The maximum absolute atomic E-state index is 14.0. The smallest absolute Gasteiger partial charge is 0.270 e. The van der Waals surface area contributed by atoms with Gasteiger partial charge in [-0.3, -0.25) is 0 Å². The van der Waals surface area contributed by atoms with Gasteiger partial charge in [0.2, 0.25) is 0 Å². The first-order valence-electron chi connectivity index (χ1n) is 13.2. The molecule has 4 rings (SSSR count). The normalized spacial score (nSPS) is 49.8. The van der Waals surface area contributed by atoms with E-state index in [1.165, 1.54) is 12.8 Å². The number of hydrogen-bond donors (Lipinski definition) is 2. The van der Waals surface area contributed by atoms with E-state index in [0.717, 1.165) is 44.9 Å². The van der Waals surface area contributed by atoms with Crippen LogP contribution in [0.2, 0.25) is 0 Å². The molecule has 1 unspecified atom stereocenters. The third-order valence-electron chi connectivity index (χ3n) is 11.3. The number of ether oxygens (including phenoxy) is 1. The number of aliphatic hydroxyl groups excluding tert-OH is 1. The first kappa shape index (κ1) is 24.9. The monoisotopic (exact) mass is 456 g/mol. The average molecular weight is 457 g/mol. The van der Waals surface area contributed by atoms with Crippen LogP contribution in [0.3, 0.4) is 0 Å². The van der Waals surface area contributed by atoms with Gasteiger partial charge in [0.25, 0.3) is 5.92 Å². The average Bonchev–Trinajstić information content (AvgIpc) is 3.10. The Kier molecular flexibility index (Phi) is 6.56. The van der Waals surface area contributed by atoms with Crippen LogP contribution >= 0.6 is 0 Å². The second-order valence-corrected chi connectivity index (χ2v) is 12.7. The van der Waals surface area contributed by atoms with E-state index in [4.69, 9.17) is 9.84 Å². The SMILES string of the molecule is CC[C@]1(O)CC[C@@]2(C)[C@@H](CCC3[C@@H]2[C@@H](OC)C[C@]2(C)[C@@H]([C@H](C)CC(F)(F)CO)CC[C@@H]32)C1. The largest absolute Gasteiger partial charge is 0.390 e. The Labute approximate surface area is 193 Å². The number of alkyl halides is 2. The fourth-order valence-electron chi connectivity index (χ4n) is 9.61. The first-order valence-corrected chi connectivity index (χ1v) is 13.2. The summed E-state index contributed by atoms with van der Waals surface area (Å²) in [6.07, 6.45) is 9.08. The number of halogens is 2. The van der Waals surface area contributed by atoms with Gasteiger partial charge >= 0.3 is 0 Å². The van der Waals surface area contributed by atoms with Gasteiger partial charge in [0.15, 0.2) is 0 Å². The fraction of sp³-hybridized carbons (Fsp3) is 1.00. The highest BCUT2D eigenvalue weighted by atomic mass is 19.3. The van der Waals surface area contributed by atoms with Crippen LogP contribution in [-0.2, 0) is 4.74 Å². The van der Waals surface area contributed by atoms with Gasteiger partial charge in [-0.2, -0.15) is 0 Å². The van der Waals surface area contributed by atoms with E-state index < -0.39 is 18.1 Å². The van der Waals surface area contributed by atoms with Gasteiger partial charge in [0, 0.05) is 13.5 Å². The molecule has 4 aliphatic rings. The number of rotatable bonds is 6. The highest BCUT2D eigenvalue weighted by Gasteiger charge is 2.64. The van der Waals surface area contributed by atoms with E-state index in [2.05, 4.69) is 20.8 Å². The molecule has 0 amide bonds. The van der Waals surface area contributed by atoms with Crippen molar-refractivity contribution in [1.29, 1.82) is 0 Å². The Morgan fingerprint density at radius 2 is 1.78 bits per heavy atom. The van der Waals surface area contributed by atoms with Crippen molar-refractivity contribution in [3.05, 3.63) is 0 Å². The van der Waals surface area contributed by atoms with Crippen LogP contribution < -0.4 is 0 Å². The molecule has 4 saturated carbocycles. The number of aliphatic hydroxyl groups is 2. The van der Waals surface area contributed by atoms with Gasteiger partial charge in [-0.1, -0.05) is 27.7 Å². The summed E-state index contributed by atoms with van der Waals surface area (Å²) < 4.78 is 34.3. The van der Waals surface area contributed by atoms with Gasteiger partial charge in [-0.25, -0.2) is 8.78 Å². The molecule has 10 atom stereocenters. The molecule has 4 aliphatic carbocycles. The molecular formula is C27H46F2O3. The third-order valence-corrected chi connectivity index (χ3v) is 11.3. The van der Waals surface area contributed by atoms with E-state index in [-0.39, 0.29) is 35.2 Å². The van der Waals surface area contributed by atoms with E-state index in [0.29, 0.717) is 23.7 Å². The predicted octanol–water partition coefficient (Wildman–Crippen LogP) is 6.07. The molecule has 0 bridgehead atoms. The molecule has 5 heteroatoms. The van der Waals surface area contributed by atoms with Crippen molar-refractivity contribution in [2.24, 2.45) is 46.3 Å². The van der Waals surface area contributed by atoms with Crippen LogP contribution in [0, 0.1) is 46.3 Å². The van der Waals surface area contributed by atoms with Crippen LogP contribution in [0.15, 0.2) is 0 Å². The maximum atomic E-state index is 14.0. The van der Waals surface area contributed by atoms with E-state index in [9.17, 15) is 13.9 Å². The second kappa shape index (κ2) is 8.45. The molecule has 0 spiro atoms. The Morgan fingerprint density at radius 3 is 2.41 bits per heavy atom. The van der Waals surface area contributed by atoms with Crippen LogP contribution in [0.4, 0.5) is 8.78 Å². The molecule has 0 aromatic carbocycles. The molecule has 0 saturated heterocycles. The van der Waals surface area contributed by atoms with Crippen LogP contribution in [-0.4, -0.2) is 41.6 Å². The summed E-state index contributed by atoms with van der Waals surface area (Å²) in [5.74, 6) is -0.646. The van der Waals surface area contributed by atoms with Crippen molar-refractivity contribution >= 4 is 0 Å². The summed E-state index contributed by atoms with van der Waals surface area (Å²) in [5.41, 5.74) is -0.288. The zero-order valence-electron chi connectivity index (χ0n) is 20.9. The minimum Gasteiger partial charge on any atom is -0.390 e. The first-order chi connectivity index (χ1) is 14.9. The van der Waals surface area contributed by atoms with Gasteiger partial charge in [-0.05, 0) is 104 Å². The number of fused-ring (bicyclic) bond motifs is 5. The summed E-state index contributed by atoms with van der Waals surface area (Å²) in [6.45, 7) is 7.85. The summed E-state index contributed by atoms with van der Waals surface area (Å²) >= 11 is 0. The van der Waals surface area contributed by atoms with Crippen molar-refractivity contribution in [1.82, 2.24) is 0 Å². The summed E-state index contributed by atoms with van der Waals surface area (Å²) in [7, 11) is 1.84.